The number of hydrogen-bond acceptors (Lipinski definition) is 7. The molecule has 0 fully saturated rings. The summed E-state index contributed by atoms with van der Waals surface area (Å²) in [6.45, 7) is 3.23. The van der Waals surface area contributed by atoms with Crippen molar-refractivity contribution in [3.05, 3.63) is 76.8 Å². The van der Waals surface area contributed by atoms with E-state index >= 15 is 0 Å². The molecule has 180 valence electrons. The average Bonchev–Trinajstić information content (AvgIpc) is 2.84. The van der Waals surface area contributed by atoms with Crippen LogP contribution in [0.15, 0.2) is 65.6 Å². The predicted molar refractivity (Wildman–Crippen MR) is 136 cm³/mol. The smallest absolute Gasteiger partial charge is 0.263 e. The number of aromatic nitrogens is 2. The maximum Gasteiger partial charge on any atom is 0.263 e. The molecule has 1 aliphatic heterocycles. The Hall–Kier alpha value is -3.56. The predicted octanol–water partition coefficient (Wildman–Crippen LogP) is 4.80. The molecule has 1 aliphatic rings. The lowest BCUT2D eigenvalue weighted by atomic mass is 10.1. The quantitative estimate of drug-likeness (QED) is 0.398. The molecule has 5 rings (SSSR count). The van der Waals surface area contributed by atoms with E-state index < -0.39 is 10.0 Å². The van der Waals surface area contributed by atoms with Crippen molar-refractivity contribution in [3.63, 3.8) is 0 Å². The first-order valence-corrected chi connectivity index (χ1v) is 12.8. The van der Waals surface area contributed by atoms with Crippen LogP contribution in [-0.2, 0) is 16.6 Å². The van der Waals surface area contributed by atoms with Gasteiger partial charge in [0, 0.05) is 12.1 Å². The van der Waals surface area contributed by atoms with Crippen LogP contribution in [0.5, 0.6) is 11.6 Å². The number of hydrogen-bond donors (Lipinski definition) is 1. The van der Waals surface area contributed by atoms with Gasteiger partial charge >= 0.3 is 0 Å². The van der Waals surface area contributed by atoms with Gasteiger partial charge in [-0.2, -0.15) is 0 Å². The van der Waals surface area contributed by atoms with Crippen LogP contribution < -0.4 is 19.1 Å². The monoisotopic (exact) mass is 510 g/mol. The molecule has 0 bridgehead atoms. The number of fused-ring (bicyclic) bond motifs is 2. The first-order chi connectivity index (χ1) is 16.8. The lowest BCUT2D eigenvalue weighted by molar-refractivity contribution is 0.290. The summed E-state index contributed by atoms with van der Waals surface area (Å²) in [4.78, 5) is 11.2. The zero-order valence-corrected chi connectivity index (χ0v) is 20.7. The molecular formula is C25H23ClN4O4S. The largest absolute Gasteiger partial charge is 0.490 e. The van der Waals surface area contributed by atoms with Gasteiger partial charge in [-0.15, -0.1) is 0 Å². The van der Waals surface area contributed by atoms with E-state index in [-0.39, 0.29) is 23.2 Å². The lowest BCUT2D eigenvalue weighted by Gasteiger charge is -2.28. The fourth-order valence-electron chi connectivity index (χ4n) is 3.86. The van der Waals surface area contributed by atoms with E-state index in [1.165, 1.54) is 6.07 Å². The third kappa shape index (κ3) is 4.69. The zero-order valence-electron chi connectivity index (χ0n) is 19.2. The van der Waals surface area contributed by atoms with E-state index in [2.05, 4.69) is 19.6 Å². The fourth-order valence-corrected chi connectivity index (χ4v) is 5.35. The fraction of sp³-hybridized carbons (Fsp3) is 0.200. The van der Waals surface area contributed by atoms with Gasteiger partial charge < -0.3 is 14.4 Å². The van der Waals surface area contributed by atoms with Crippen LogP contribution in [0.1, 0.15) is 11.1 Å². The number of nitrogens with one attached hydrogen (secondary N) is 1. The maximum absolute atomic E-state index is 13.2. The summed E-state index contributed by atoms with van der Waals surface area (Å²) in [6, 6.07) is 17.7. The third-order valence-corrected chi connectivity index (χ3v) is 7.67. The van der Waals surface area contributed by atoms with Crippen molar-refractivity contribution in [1.82, 2.24) is 9.97 Å². The molecule has 3 aromatic carbocycles. The van der Waals surface area contributed by atoms with Crippen LogP contribution in [0.2, 0.25) is 5.02 Å². The molecule has 1 N–H and O–H groups in total. The van der Waals surface area contributed by atoms with Crippen LogP contribution in [0.4, 0.5) is 11.5 Å². The Balaban J connectivity index is 1.48. The van der Waals surface area contributed by atoms with Crippen molar-refractivity contribution >= 4 is 44.2 Å². The molecule has 0 aliphatic carbocycles. The van der Waals surface area contributed by atoms with E-state index in [0.717, 1.165) is 23.5 Å². The number of likely N-dealkylation sites (N-methyl/N-ethyl adjacent to an activating group) is 1. The van der Waals surface area contributed by atoms with Crippen LogP contribution in [0.25, 0.3) is 11.0 Å². The molecule has 4 aromatic rings. The number of para-hydroxylation sites is 2. The highest BCUT2D eigenvalue weighted by atomic mass is 35.5. The second-order valence-electron chi connectivity index (χ2n) is 8.20. The van der Waals surface area contributed by atoms with Gasteiger partial charge in [0.15, 0.2) is 0 Å². The van der Waals surface area contributed by atoms with Crippen molar-refractivity contribution in [2.24, 2.45) is 0 Å². The first-order valence-electron chi connectivity index (χ1n) is 11.0. The summed E-state index contributed by atoms with van der Waals surface area (Å²) >= 11 is 6.15. The Morgan fingerprint density at radius 1 is 1.09 bits per heavy atom. The van der Waals surface area contributed by atoms with Gasteiger partial charge in [0.25, 0.3) is 15.9 Å². The number of anilines is 2. The zero-order chi connectivity index (χ0) is 24.6. The van der Waals surface area contributed by atoms with Crippen molar-refractivity contribution in [2.75, 3.05) is 29.8 Å². The molecule has 0 unspecified atom stereocenters. The van der Waals surface area contributed by atoms with E-state index in [0.29, 0.717) is 28.2 Å². The van der Waals surface area contributed by atoms with E-state index in [1.54, 1.807) is 37.3 Å². The van der Waals surface area contributed by atoms with E-state index in [9.17, 15) is 8.42 Å². The van der Waals surface area contributed by atoms with Gasteiger partial charge in [0.1, 0.15) is 19.0 Å². The number of benzene rings is 3. The Labute approximate surface area is 208 Å². The molecule has 0 atom stereocenters. The van der Waals surface area contributed by atoms with Gasteiger partial charge in [0.2, 0.25) is 5.82 Å². The lowest BCUT2D eigenvalue weighted by Crippen LogP contribution is -2.28. The molecule has 2 heterocycles. The molecule has 0 radical (unpaired) electrons. The summed E-state index contributed by atoms with van der Waals surface area (Å²) in [5, 5.41) is 0.356. The summed E-state index contributed by atoms with van der Waals surface area (Å²) in [7, 11) is -1.99. The van der Waals surface area contributed by atoms with Crippen LogP contribution >= 0.6 is 11.6 Å². The second kappa shape index (κ2) is 9.24. The first kappa shape index (κ1) is 23.2. The minimum absolute atomic E-state index is 0.00276. The second-order valence-corrected chi connectivity index (χ2v) is 10.3. The van der Waals surface area contributed by atoms with Crippen LogP contribution in [0.3, 0.4) is 0 Å². The SMILES string of the molecule is Cc1c(Cl)cccc1S(=O)(=O)Nc1nc2ccccc2nc1OCc1ccc2c(c1)OCCN2C. The number of rotatable bonds is 6. The normalized spacial score (nSPS) is 13.3. The molecular weight excluding hydrogens is 488 g/mol. The molecule has 35 heavy (non-hydrogen) atoms. The minimum atomic E-state index is -4.00. The van der Waals surface area contributed by atoms with E-state index in [4.69, 9.17) is 21.1 Å². The Kier molecular flexibility index (Phi) is 6.12. The number of sulfonamides is 1. The van der Waals surface area contributed by atoms with Gasteiger partial charge in [-0.3, -0.25) is 4.72 Å². The number of halogens is 1. The Morgan fingerprint density at radius 3 is 2.66 bits per heavy atom. The van der Waals surface area contributed by atoms with Crippen LogP contribution in [-0.4, -0.2) is 38.6 Å². The molecule has 0 amide bonds. The Bertz CT molecular complexity index is 1530. The van der Waals surface area contributed by atoms with Crippen molar-refractivity contribution in [1.29, 1.82) is 0 Å². The minimum Gasteiger partial charge on any atom is -0.490 e. The molecule has 0 spiro atoms. The molecule has 1 aromatic heterocycles. The number of nitrogens with zero attached hydrogens (tertiary/aromatic N) is 3. The van der Waals surface area contributed by atoms with Crippen molar-refractivity contribution < 1.29 is 17.9 Å². The standard InChI is InChI=1S/C25H23ClN4O4S/c1-16-18(26)6-5-9-23(16)35(31,32)29-24-25(28-20-8-4-3-7-19(20)27-24)34-15-17-10-11-21-22(14-17)33-13-12-30(21)2/h3-11,14H,12-13,15H2,1-2H3,(H,27,29). The highest BCUT2D eigenvalue weighted by molar-refractivity contribution is 7.92. The topological polar surface area (TPSA) is 93.7 Å². The number of ether oxygens (including phenoxy) is 2. The highest BCUT2D eigenvalue weighted by Gasteiger charge is 2.23. The molecule has 0 saturated heterocycles. The average molecular weight is 511 g/mol. The van der Waals surface area contributed by atoms with Crippen molar-refractivity contribution in [3.8, 4) is 11.6 Å². The summed E-state index contributed by atoms with van der Waals surface area (Å²) in [5.41, 5.74) is 3.42. The van der Waals surface area contributed by atoms with Crippen molar-refractivity contribution in [2.45, 2.75) is 18.4 Å². The molecule has 0 saturated carbocycles. The third-order valence-electron chi connectivity index (χ3n) is 5.77. The summed E-state index contributed by atoms with van der Waals surface area (Å²) in [6.07, 6.45) is 0. The van der Waals surface area contributed by atoms with Gasteiger partial charge in [-0.1, -0.05) is 35.9 Å². The van der Waals surface area contributed by atoms with Gasteiger partial charge in [0.05, 0.1) is 28.2 Å². The maximum atomic E-state index is 13.2. The summed E-state index contributed by atoms with van der Waals surface area (Å²) < 4.78 is 40.7. The van der Waals surface area contributed by atoms with Gasteiger partial charge in [-0.05, 0) is 54.4 Å². The Morgan fingerprint density at radius 2 is 1.86 bits per heavy atom. The van der Waals surface area contributed by atoms with Crippen LogP contribution in [0, 0.1) is 6.92 Å². The molecule has 8 nitrogen and oxygen atoms in total. The van der Waals surface area contributed by atoms with Gasteiger partial charge in [-0.25, -0.2) is 18.4 Å². The summed E-state index contributed by atoms with van der Waals surface area (Å²) in [5.74, 6) is 0.849. The highest BCUT2D eigenvalue weighted by Crippen LogP contribution is 2.33. The molecule has 10 heteroatoms. The van der Waals surface area contributed by atoms with E-state index in [1.807, 2.05) is 31.3 Å².